The van der Waals surface area contributed by atoms with Gasteiger partial charge in [0.05, 0.1) is 0 Å². The fraction of sp³-hybridized carbons (Fsp3) is 0.389. The first-order chi connectivity index (χ1) is 11.2. The third-order valence-corrected chi connectivity index (χ3v) is 4.76. The molecule has 23 heavy (non-hydrogen) atoms. The lowest BCUT2D eigenvalue weighted by Gasteiger charge is -2.15. The van der Waals surface area contributed by atoms with E-state index in [1.54, 1.807) is 30.5 Å². The minimum Gasteiger partial charge on any atom is -0.356 e. The minimum absolute atomic E-state index is 0.171. The van der Waals surface area contributed by atoms with Gasteiger partial charge >= 0.3 is 0 Å². The number of aryl methyl sites for hydroxylation is 1. The highest BCUT2D eigenvalue weighted by atomic mass is 32.1. The largest absolute Gasteiger partial charge is 0.356 e. The summed E-state index contributed by atoms with van der Waals surface area (Å²) in [7, 11) is 1.78. The van der Waals surface area contributed by atoms with Gasteiger partial charge in [0.1, 0.15) is 5.82 Å². The van der Waals surface area contributed by atoms with Gasteiger partial charge in [-0.05, 0) is 42.0 Å². The quantitative estimate of drug-likeness (QED) is 0.459. The topological polar surface area (TPSA) is 36.4 Å². The van der Waals surface area contributed by atoms with Crippen LogP contribution in [0.3, 0.4) is 0 Å². The molecule has 2 rings (SSSR count). The fourth-order valence-electron chi connectivity index (χ4n) is 2.33. The molecule has 0 bridgehead atoms. The Kier molecular flexibility index (Phi) is 7.07. The molecule has 1 atom stereocenters. The van der Waals surface area contributed by atoms with Gasteiger partial charge in [-0.25, -0.2) is 4.39 Å². The molecule has 5 heteroatoms. The number of benzene rings is 1. The van der Waals surface area contributed by atoms with Crippen LogP contribution in [0, 0.1) is 5.82 Å². The van der Waals surface area contributed by atoms with Crippen LogP contribution in [0.2, 0.25) is 0 Å². The molecule has 0 radical (unpaired) electrons. The maximum atomic E-state index is 13.1. The number of aliphatic imine (C=N–C) groups is 1. The highest BCUT2D eigenvalue weighted by Gasteiger charge is 2.07. The number of guanidine groups is 1. The van der Waals surface area contributed by atoms with Crippen molar-refractivity contribution in [1.29, 1.82) is 0 Å². The number of nitrogens with zero attached hydrogens (tertiary/aromatic N) is 1. The molecule has 2 aromatic rings. The first-order valence-electron chi connectivity index (χ1n) is 7.91. The molecule has 1 heterocycles. The van der Waals surface area contributed by atoms with Crippen LogP contribution in [0.5, 0.6) is 0 Å². The van der Waals surface area contributed by atoms with Crippen LogP contribution in [0.15, 0.2) is 46.8 Å². The van der Waals surface area contributed by atoms with Gasteiger partial charge in [-0.3, -0.25) is 4.99 Å². The Labute approximate surface area is 141 Å². The van der Waals surface area contributed by atoms with Gasteiger partial charge in [-0.2, -0.15) is 0 Å². The van der Waals surface area contributed by atoms with E-state index in [2.05, 4.69) is 40.1 Å². The third kappa shape index (κ3) is 6.02. The Morgan fingerprint density at radius 2 is 2.13 bits per heavy atom. The molecule has 3 nitrogen and oxygen atoms in total. The molecule has 0 saturated heterocycles. The summed E-state index contributed by atoms with van der Waals surface area (Å²) < 4.78 is 13.1. The maximum Gasteiger partial charge on any atom is 0.190 e. The van der Waals surface area contributed by atoms with Crippen molar-refractivity contribution in [3.05, 3.63) is 58.0 Å². The van der Waals surface area contributed by atoms with Crippen molar-refractivity contribution in [2.24, 2.45) is 4.99 Å². The second-order valence-electron chi connectivity index (χ2n) is 5.53. The molecule has 1 aromatic carbocycles. The van der Waals surface area contributed by atoms with Gasteiger partial charge in [-0.1, -0.05) is 25.1 Å². The van der Waals surface area contributed by atoms with E-state index in [0.717, 1.165) is 37.5 Å². The van der Waals surface area contributed by atoms with Crippen LogP contribution in [-0.4, -0.2) is 26.1 Å². The SMILES string of the molecule is CN=C(NCCCc1cccc(F)c1)NCC(C)c1cccs1. The van der Waals surface area contributed by atoms with E-state index in [0.29, 0.717) is 5.92 Å². The number of hydrogen-bond acceptors (Lipinski definition) is 2. The Bertz CT molecular complexity index is 610. The monoisotopic (exact) mass is 333 g/mol. The summed E-state index contributed by atoms with van der Waals surface area (Å²) in [4.78, 5) is 5.61. The van der Waals surface area contributed by atoms with Crippen LogP contribution in [0.4, 0.5) is 4.39 Å². The van der Waals surface area contributed by atoms with Crippen LogP contribution in [0.25, 0.3) is 0 Å². The summed E-state index contributed by atoms with van der Waals surface area (Å²) in [6, 6.07) is 11.0. The van der Waals surface area contributed by atoms with Crippen LogP contribution in [-0.2, 0) is 6.42 Å². The molecule has 0 aliphatic carbocycles. The molecule has 0 amide bonds. The van der Waals surface area contributed by atoms with E-state index in [1.807, 2.05) is 6.07 Å². The van der Waals surface area contributed by atoms with Gasteiger partial charge in [0, 0.05) is 30.9 Å². The fourth-order valence-corrected chi connectivity index (χ4v) is 3.12. The average molecular weight is 333 g/mol. The predicted molar refractivity (Wildman–Crippen MR) is 96.8 cm³/mol. The highest BCUT2D eigenvalue weighted by Crippen LogP contribution is 2.19. The van der Waals surface area contributed by atoms with Crippen molar-refractivity contribution in [1.82, 2.24) is 10.6 Å². The molecule has 0 aliphatic rings. The summed E-state index contributed by atoms with van der Waals surface area (Å²) in [6.07, 6.45) is 1.79. The zero-order chi connectivity index (χ0) is 16.5. The van der Waals surface area contributed by atoms with Crippen LogP contribution >= 0.6 is 11.3 Å². The minimum atomic E-state index is -0.171. The number of rotatable bonds is 7. The average Bonchev–Trinajstić information content (AvgIpc) is 3.08. The van der Waals surface area contributed by atoms with Gasteiger partial charge in [0.2, 0.25) is 0 Å². The van der Waals surface area contributed by atoms with Crippen molar-refractivity contribution in [2.75, 3.05) is 20.1 Å². The Balaban J connectivity index is 1.67. The zero-order valence-electron chi connectivity index (χ0n) is 13.7. The summed E-state index contributed by atoms with van der Waals surface area (Å²) in [5.74, 6) is 1.10. The second kappa shape index (κ2) is 9.30. The third-order valence-electron chi connectivity index (χ3n) is 3.65. The van der Waals surface area contributed by atoms with Crippen molar-refractivity contribution < 1.29 is 4.39 Å². The molecular weight excluding hydrogens is 309 g/mol. The molecule has 124 valence electrons. The van der Waals surface area contributed by atoms with Crippen molar-refractivity contribution >= 4 is 17.3 Å². The van der Waals surface area contributed by atoms with Gasteiger partial charge in [0.25, 0.3) is 0 Å². The van der Waals surface area contributed by atoms with E-state index in [4.69, 9.17) is 0 Å². The van der Waals surface area contributed by atoms with Crippen molar-refractivity contribution in [2.45, 2.75) is 25.7 Å². The lowest BCUT2D eigenvalue weighted by Crippen LogP contribution is -2.39. The molecule has 0 saturated carbocycles. The van der Waals surface area contributed by atoms with Crippen molar-refractivity contribution in [3.8, 4) is 0 Å². The normalized spacial score (nSPS) is 12.9. The van der Waals surface area contributed by atoms with Gasteiger partial charge in [-0.15, -0.1) is 11.3 Å². The Morgan fingerprint density at radius 3 is 2.83 bits per heavy atom. The molecule has 0 spiro atoms. The highest BCUT2D eigenvalue weighted by molar-refractivity contribution is 7.10. The molecule has 0 aliphatic heterocycles. The second-order valence-corrected chi connectivity index (χ2v) is 6.51. The van der Waals surface area contributed by atoms with E-state index in [9.17, 15) is 4.39 Å². The number of thiophene rings is 1. The maximum absolute atomic E-state index is 13.1. The van der Waals surface area contributed by atoms with Crippen molar-refractivity contribution in [3.63, 3.8) is 0 Å². The molecule has 2 N–H and O–H groups in total. The lowest BCUT2D eigenvalue weighted by atomic mass is 10.1. The lowest BCUT2D eigenvalue weighted by molar-refractivity contribution is 0.624. The molecule has 1 aromatic heterocycles. The molecule has 0 fully saturated rings. The summed E-state index contributed by atoms with van der Waals surface area (Å²) in [5.41, 5.74) is 1.03. The zero-order valence-corrected chi connectivity index (χ0v) is 14.5. The number of nitrogens with one attached hydrogen (secondary N) is 2. The molecule has 1 unspecified atom stereocenters. The standard InChI is InChI=1S/C18H24FN3S/c1-14(17-9-5-11-23-17)13-22-18(20-2)21-10-4-7-15-6-3-8-16(19)12-15/h3,5-6,8-9,11-12,14H,4,7,10,13H2,1-2H3,(H2,20,21,22). The van der Waals surface area contributed by atoms with E-state index < -0.39 is 0 Å². The summed E-state index contributed by atoms with van der Waals surface area (Å²) in [5, 5.41) is 8.76. The van der Waals surface area contributed by atoms with Crippen LogP contribution in [0.1, 0.15) is 29.7 Å². The predicted octanol–water partition coefficient (Wildman–Crippen LogP) is 3.79. The van der Waals surface area contributed by atoms with Crippen LogP contribution < -0.4 is 10.6 Å². The summed E-state index contributed by atoms with van der Waals surface area (Å²) >= 11 is 1.78. The smallest absolute Gasteiger partial charge is 0.190 e. The van der Waals surface area contributed by atoms with Gasteiger partial charge < -0.3 is 10.6 Å². The molecular formula is C18H24FN3S. The Morgan fingerprint density at radius 1 is 1.26 bits per heavy atom. The van der Waals surface area contributed by atoms with E-state index in [1.165, 1.54) is 10.9 Å². The summed E-state index contributed by atoms with van der Waals surface area (Å²) in [6.45, 7) is 3.86. The van der Waals surface area contributed by atoms with E-state index >= 15 is 0 Å². The van der Waals surface area contributed by atoms with E-state index in [-0.39, 0.29) is 5.82 Å². The first kappa shape index (κ1) is 17.5. The number of hydrogen-bond donors (Lipinski definition) is 2. The number of halogens is 1. The first-order valence-corrected chi connectivity index (χ1v) is 8.79. The van der Waals surface area contributed by atoms with Gasteiger partial charge in [0.15, 0.2) is 5.96 Å². The Hall–Kier alpha value is -1.88.